The first-order valence-corrected chi connectivity index (χ1v) is 12.4. The fourth-order valence-corrected chi connectivity index (χ4v) is 5.71. The van der Waals surface area contributed by atoms with E-state index in [1.54, 1.807) is 6.07 Å². The Morgan fingerprint density at radius 3 is 2.78 bits per heavy atom. The second kappa shape index (κ2) is 10.2. The van der Waals surface area contributed by atoms with Crippen LogP contribution in [0.4, 0.5) is 11.4 Å². The molecule has 8 nitrogen and oxygen atoms in total. The number of nitrogens with one attached hydrogen (secondary N) is 1. The summed E-state index contributed by atoms with van der Waals surface area (Å²) in [5, 5.41) is 2.68. The van der Waals surface area contributed by atoms with Crippen LogP contribution in [0.25, 0.3) is 0 Å². The molecule has 190 valence electrons. The van der Waals surface area contributed by atoms with Gasteiger partial charge in [-0.1, -0.05) is 49.0 Å². The van der Waals surface area contributed by atoms with E-state index >= 15 is 0 Å². The van der Waals surface area contributed by atoms with E-state index in [0.717, 1.165) is 53.1 Å². The van der Waals surface area contributed by atoms with Crippen molar-refractivity contribution in [1.29, 1.82) is 0 Å². The summed E-state index contributed by atoms with van der Waals surface area (Å²) < 4.78 is 6.01. The number of ether oxygens (including phenoxy) is 1. The fourth-order valence-electron chi connectivity index (χ4n) is 5.71. The van der Waals surface area contributed by atoms with Crippen molar-refractivity contribution in [2.75, 3.05) is 17.7 Å². The lowest BCUT2D eigenvalue weighted by Crippen LogP contribution is -2.28. The van der Waals surface area contributed by atoms with Crippen molar-refractivity contribution in [3.05, 3.63) is 105 Å². The number of aryl methyl sites for hydroxylation is 1. The highest BCUT2D eigenvalue weighted by molar-refractivity contribution is 5.79. The fraction of sp³-hybridized carbons (Fsp3) is 0.276. The van der Waals surface area contributed by atoms with Crippen molar-refractivity contribution < 1.29 is 9.53 Å². The number of nitrogens with zero attached hydrogens (tertiary/aromatic N) is 2. The average Bonchev–Trinajstić information content (AvgIpc) is 3.24. The van der Waals surface area contributed by atoms with Gasteiger partial charge in [-0.15, -0.1) is 4.91 Å². The van der Waals surface area contributed by atoms with Crippen molar-refractivity contribution in [1.82, 2.24) is 4.90 Å². The van der Waals surface area contributed by atoms with E-state index in [2.05, 4.69) is 46.3 Å². The number of hydrogen-bond donors (Lipinski definition) is 3. The summed E-state index contributed by atoms with van der Waals surface area (Å²) in [6.07, 6.45) is 1.91. The summed E-state index contributed by atoms with van der Waals surface area (Å²) in [7, 11) is 0. The Balaban J connectivity index is 1.53. The van der Waals surface area contributed by atoms with E-state index in [9.17, 15) is 9.70 Å². The summed E-state index contributed by atoms with van der Waals surface area (Å²) in [4.78, 5) is 25.7. The van der Waals surface area contributed by atoms with Gasteiger partial charge >= 0.3 is 0 Å². The molecule has 0 bridgehead atoms. The molecule has 1 heterocycles. The van der Waals surface area contributed by atoms with E-state index in [0.29, 0.717) is 17.9 Å². The predicted octanol–water partition coefficient (Wildman–Crippen LogP) is 5.07. The third-order valence-corrected chi connectivity index (χ3v) is 7.61. The number of hydrogen-bond acceptors (Lipinski definition) is 7. The molecule has 1 aliphatic carbocycles. The van der Waals surface area contributed by atoms with Gasteiger partial charge < -0.3 is 15.9 Å². The topological polar surface area (TPSA) is 123 Å². The molecular formula is C29H31N5O3. The lowest BCUT2D eigenvalue weighted by atomic mass is 9.83. The number of amides is 1. The first kappa shape index (κ1) is 24.7. The first-order valence-electron chi connectivity index (χ1n) is 12.4. The van der Waals surface area contributed by atoms with Crippen LogP contribution in [0.2, 0.25) is 0 Å². The average molecular weight is 498 g/mol. The Morgan fingerprint density at radius 1 is 1.19 bits per heavy atom. The van der Waals surface area contributed by atoms with Crippen LogP contribution in [0.1, 0.15) is 58.2 Å². The number of carbonyl (C=O) groups is 1. The third kappa shape index (κ3) is 4.73. The lowest BCUT2D eigenvalue weighted by Gasteiger charge is -2.29. The van der Waals surface area contributed by atoms with E-state index < -0.39 is 5.91 Å². The van der Waals surface area contributed by atoms with E-state index in [4.69, 9.17) is 16.3 Å². The summed E-state index contributed by atoms with van der Waals surface area (Å²) >= 11 is 0. The maximum atomic E-state index is 12.3. The molecule has 0 spiro atoms. The molecule has 2 aliphatic rings. The molecule has 0 saturated heterocycles. The van der Waals surface area contributed by atoms with Gasteiger partial charge in [0.25, 0.3) is 5.91 Å². The van der Waals surface area contributed by atoms with Gasteiger partial charge in [0.15, 0.2) is 0 Å². The zero-order chi connectivity index (χ0) is 26.1. The van der Waals surface area contributed by atoms with Crippen LogP contribution in [-0.2, 0) is 17.8 Å². The molecule has 1 aliphatic heterocycles. The van der Waals surface area contributed by atoms with E-state index in [-0.39, 0.29) is 18.4 Å². The second-order valence-corrected chi connectivity index (χ2v) is 9.79. The maximum absolute atomic E-state index is 12.3. The molecule has 0 saturated carbocycles. The number of carbonyl (C=O) groups excluding carboxylic acids is 1. The number of nitroso groups, excluding NO2 is 1. The number of fused-ring (bicyclic) bond motifs is 2. The Kier molecular flexibility index (Phi) is 6.78. The Hall–Kier alpha value is -4.01. The van der Waals surface area contributed by atoms with Crippen molar-refractivity contribution in [2.24, 2.45) is 11.0 Å². The predicted molar refractivity (Wildman–Crippen MR) is 145 cm³/mol. The summed E-state index contributed by atoms with van der Waals surface area (Å²) in [6.45, 7) is 7.42. The van der Waals surface area contributed by atoms with Crippen molar-refractivity contribution >= 4 is 17.3 Å². The number of nitrogen functional groups attached to an aromatic ring is 2. The number of benzene rings is 3. The zero-order valence-electron chi connectivity index (χ0n) is 20.9. The van der Waals surface area contributed by atoms with Gasteiger partial charge in [-0.3, -0.25) is 15.5 Å². The maximum Gasteiger partial charge on any atom is 0.287 e. The van der Waals surface area contributed by atoms with E-state index in [1.165, 1.54) is 11.1 Å². The van der Waals surface area contributed by atoms with Crippen LogP contribution in [0.5, 0.6) is 5.75 Å². The molecule has 0 fully saturated rings. The zero-order valence-corrected chi connectivity index (χ0v) is 20.9. The van der Waals surface area contributed by atoms with Gasteiger partial charge in [-0.2, -0.15) is 0 Å². The Bertz CT molecular complexity index is 1390. The normalized spacial score (nSPS) is 17.8. The van der Waals surface area contributed by atoms with Gasteiger partial charge in [0.05, 0.1) is 17.9 Å². The second-order valence-electron chi connectivity index (χ2n) is 9.79. The van der Waals surface area contributed by atoms with Gasteiger partial charge in [0.1, 0.15) is 11.5 Å². The molecule has 2 atom stereocenters. The molecule has 8 heteroatoms. The molecule has 0 aromatic heterocycles. The number of hydrazine groups is 1. The number of anilines is 2. The molecule has 3 aromatic rings. The van der Waals surface area contributed by atoms with Gasteiger partial charge in [-0.05, 0) is 59.7 Å². The molecule has 5 N–H and O–H groups in total. The van der Waals surface area contributed by atoms with Gasteiger partial charge in [0.2, 0.25) is 0 Å². The van der Waals surface area contributed by atoms with Crippen molar-refractivity contribution in [2.45, 2.75) is 44.7 Å². The van der Waals surface area contributed by atoms with Gasteiger partial charge in [-0.25, -0.2) is 0 Å². The monoisotopic (exact) mass is 497 g/mol. The van der Waals surface area contributed by atoms with Crippen LogP contribution < -0.4 is 21.7 Å². The van der Waals surface area contributed by atoms with E-state index in [1.807, 2.05) is 31.2 Å². The van der Waals surface area contributed by atoms with Crippen molar-refractivity contribution in [3.63, 3.8) is 0 Å². The van der Waals surface area contributed by atoms with Crippen LogP contribution in [0.3, 0.4) is 0 Å². The summed E-state index contributed by atoms with van der Waals surface area (Å²) in [5.74, 6) is 6.10. The smallest absolute Gasteiger partial charge is 0.287 e. The summed E-state index contributed by atoms with van der Waals surface area (Å²) in [6, 6.07) is 18.3. The standard InChI is InChI=1S/C29H31N5O3/c1-17-15-34(16-21-5-3-4-6-27(21)37-17)26-12-9-19-7-8-20(13-24(19)26)23(14-28(35)33-36)22-10-11-25(32-31)29(30)18(22)2/h3-8,10-11,13,23,26,32H,1,9,12,14-16,30-31H2,2H3. The number of nitrogens with two attached hydrogens (primary N) is 2. The molecule has 37 heavy (non-hydrogen) atoms. The molecule has 0 radical (unpaired) electrons. The summed E-state index contributed by atoms with van der Waals surface area (Å²) in [5.41, 5.74) is 16.3. The SMILES string of the molecule is C=C1CN(C2CCc3ccc(C(CC(=O)N=O)c4ccc(NN)c(N)c4C)cc32)Cc2ccccc2O1. The Labute approximate surface area is 216 Å². The molecular weight excluding hydrogens is 466 g/mol. The largest absolute Gasteiger partial charge is 0.461 e. The van der Waals surface area contributed by atoms with Gasteiger partial charge in [0, 0.05) is 35.7 Å². The number of para-hydroxylation sites is 1. The molecule has 5 rings (SSSR count). The number of rotatable bonds is 6. The molecule has 2 unspecified atom stereocenters. The minimum atomic E-state index is -0.696. The van der Waals surface area contributed by atoms with Crippen LogP contribution in [-0.4, -0.2) is 17.4 Å². The minimum absolute atomic E-state index is 0.0373. The molecule has 1 amide bonds. The lowest BCUT2D eigenvalue weighted by molar-refractivity contribution is -0.118. The molecule has 3 aromatic carbocycles. The first-order chi connectivity index (χ1) is 17.9. The minimum Gasteiger partial charge on any atom is -0.461 e. The van der Waals surface area contributed by atoms with Crippen LogP contribution in [0.15, 0.2) is 72.1 Å². The third-order valence-electron chi connectivity index (χ3n) is 7.61. The Morgan fingerprint density at radius 2 is 2.00 bits per heavy atom. The van der Waals surface area contributed by atoms with Crippen molar-refractivity contribution in [3.8, 4) is 5.75 Å². The van der Waals surface area contributed by atoms with Crippen LogP contribution >= 0.6 is 0 Å². The highest BCUT2D eigenvalue weighted by Gasteiger charge is 2.32. The quantitative estimate of drug-likeness (QED) is 0.188. The highest BCUT2D eigenvalue weighted by Crippen LogP contribution is 2.42. The van der Waals surface area contributed by atoms with Crippen LogP contribution in [0, 0.1) is 11.8 Å². The highest BCUT2D eigenvalue weighted by atomic mass is 16.5.